The van der Waals surface area contributed by atoms with Gasteiger partial charge >= 0.3 is 0 Å². The first kappa shape index (κ1) is 15.5. The van der Waals surface area contributed by atoms with Crippen molar-refractivity contribution < 1.29 is 0 Å². The lowest BCUT2D eigenvalue weighted by atomic mass is 10.1. The number of hydrogen-bond acceptors (Lipinski definition) is 1. The molecule has 0 bridgehead atoms. The highest BCUT2D eigenvalue weighted by atomic mass is 79.9. The van der Waals surface area contributed by atoms with Crippen LogP contribution in [0.4, 0.5) is 0 Å². The first-order valence-electron chi connectivity index (χ1n) is 6.62. The summed E-state index contributed by atoms with van der Waals surface area (Å²) in [6, 6.07) is 1.99. The topological polar surface area (TPSA) is 0 Å². The van der Waals surface area contributed by atoms with Gasteiger partial charge in [-0.05, 0) is 17.9 Å². The average molecular weight is 338 g/mol. The third-order valence-corrected chi connectivity index (χ3v) is 5.68. The number of alkyl halides is 1. The molecule has 0 aliphatic carbocycles. The minimum atomic E-state index is 0.450. The van der Waals surface area contributed by atoms with Gasteiger partial charge in [-0.1, -0.05) is 79.4 Å². The molecule has 0 amide bonds. The van der Waals surface area contributed by atoms with Crippen LogP contribution in [-0.4, -0.2) is 0 Å². The maximum Gasteiger partial charge on any atom is 0.0556 e. The molecule has 1 aromatic rings. The van der Waals surface area contributed by atoms with E-state index in [1.807, 2.05) is 6.07 Å². The van der Waals surface area contributed by atoms with Crippen molar-refractivity contribution in [2.24, 2.45) is 0 Å². The van der Waals surface area contributed by atoms with Crippen LogP contribution in [0.15, 0.2) is 11.4 Å². The molecule has 0 nitrogen and oxygen atoms in total. The molecule has 1 unspecified atom stereocenters. The molecule has 17 heavy (non-hydrogen) atoms. The van der Waals surface area contributed by atoms with Crippen molar-refractivity contribution in [3.8, 4) is 0 Å². The Morgan fingerprint density at radius 3 is 2.41 bits per heavy atom. The lowest BCUT2D eigenvalue weighted by Crippen LogP contribution is -1.88. The zero-order chi connectivity index (χ0) is 12.5. The van der Waals surface area contributed by atoms with E-state index in [0.717, 1.165) is 5.02 Å². The highest BCUT2D eigenvalue weighted by Crippen LogP contribution is 2.37. The first-order valence-corrected chi connectivity index (χ1v) is 8.80. The Morgan fingerprint density at radius 1 is 1.18 bits per heavy atom. The van der Waals surface area contributed by atoms with E-state index in [4.69, 9.17) is 11.6 Å². The van der Waals surface area contributed by atoms with Gasteiger partial charge in [0.15, 0.2) is 0 Å². The molecule has 0 fully saturated rings. The molecule has 1 atom stereocenters. The van der Waals surface area contributed by atoms with Crippen LogP contribution in [0.3, 0.4) is 0 Å². The average Bonchev–Trinajstić information content (AvgIpc) is 2.74. The minimum Gasteiger partial charge on any atom is -0.146 e. The van der Waals surface area contributed by atoms with Crippen molar-refractivity contribution in [2.45, 2.75) is 63.1 Å². The summed E-state index contributed by atoms with van der Waals surface area (Å²) in [5, 5.41) is 2.98. The largest absolute Gasteiger partial charge is 0.146 e. The van der Waals surface area contributed by atoms with Crippen LogP contribution in [0.2, 0.25) is 5.02 Å². The maximum absolute atomic E-state index is 6.11. The molecule has 1 heterocycles. The third kappa shape index (κ3) is 6.26. The summed E-state index contributed by atoms with van der Waals surface area (Å²) >= 11 is 11.6. The molecule has 0 N–H and O–H groups in total. The minimum absolute atomic E-state index is 0.450. The molecule has 1 aromatic heterocycles. The van der Waals surface area contributed by atoms with E-state index in [1.54, 1.807) is 11.3 Å². The van der Waals surface area contributed by atoms with Crippen molar-refractivity contribution in [2.75, 3.05) is 0 Å². The lowest BCUT2D eigenvalue weighted by molar-refractivity contribution is 0.575. The van der Waals surface area contributed by atoms with Gasteiger partial charge in [-0.25, -0.2) is 0 Å². The predicted molar refractivity (Wildman–Crippen MR) is 83.6 cm³/mol. The van der Waals surface area contributed by atoms with Gasteiger partial charge in [-0.15, -0.1) is 11.3 Å². The number of halogens is 2. The Balaban J connectivity index is 2.05. The number of rotatable bonds is 9. The standard InChI is InChI=1S/C14H22BrClS/c1-2-3-4-5-6-7-8-9-12(15)14-13(16)10-11-17-14/h10-12H,2-9H2,1H3. The number of thiophene rings is 1. The van der Waals surface area contributed by atoms with E-state index >= 15 is 0 Å². The summed E-state index contributed by atoms with van der Waals surface area (Å²) in [5.41, 5.74) is 0. The Hall–Kier alpha value is 0.470. The summed E-state index contributed by atoms with van der Waals surface area (Å²) in [4.78, 5) is 1.74. The van der Waals surface area contributed by atoms with Crippen LogP contribution >= 0.6 is 38.9 Å². The first-order chi connectivity index (χ1) is 8.25. The third-order valence-electron chi connectivity index (χ3n) is 2.99. The molecule has 0 aliphatic heterocycles. The van der Waals surface area contributed by atoms with Gasteiger partial charge in [0.2, 0.25) is 0 Å². The van der Waals surface area contributed by atoms with Crippen molar-refractivity contribution in [1.29, 1.82) is 0 Å². The van der Waals surface area contributed by atoms with Crippen molar-refractivity contribution in [3.05, 3.63) is 21.3 Å². The monoisotopic (exact) mass is 336 g/mol. The Bertz CT molecular complexity index is 298. The SMILES string of the molecule is CCCCCCCCCC(Br)c1sccc1Cl. The quantitative estimate of drug-likeness (QED) is 0.337. The Morgan fingerprint density at radius 2 is 1.82 bits per heavy atom. The van der Waals surface area contributed by atoms with E-state index < -0.39 is 0 Å². The van der Waals surface area contributed by atoms with Gasteiger partial charge in [-0.3, -0.25) is 0 Å². The van der Waals surface area contributed by atoms with E-state index in [9.17, 15) is 0 Å². The molecular weight excluding hydrogens is 316 g/mol. The highest BCUT2D eigenvalue weighted by molar-refractivity contribution is 9.09. The molecule has 0 aliphatic rings. The second-order valence-corrected chi connectivity index (χ2v) is 6.97. The molecule has 0 saturated heterocycles. The molecule has 0 saturated carbocycles. The van der Waals surface area contributed by atoms with E-state index in [1.165, 1.54) is 56.2 Å². The molecule has 3 heteroatoms. The van der Waals surface area contributed by atoms with Crippen LogP contribution in [0, 0.1) is 0 Å². The summed E-state index contributed by atoms with van der Waals surface area (Å²) < 4.78 is 0. The summed E-state index contributed by atoms with van der Waals surface area (Å²) in [6.07, 6.45) is 10.8. The van der Waals surface area contributed by atoms with E-state index in [0.29, 0.717) is 4.83 Å². The normalized spacial score (nSPS) is 12.9. The van der Waals surface area contributed by atoms with Crippen molar-refractivity contribution in [3.63, 3.8) is 0 Å². The Labute approximate surface area is 123 Å². The summed E-state index contributed by atoms with van der Waals surface area (Å²) in [7, 11) is 0. The van der Waals surface area contributed by atoms with Crippen LogP contribution < -0.4 is 0 Å². The van der Waals surface area contributed by atoms with Gasteiger partial charge in [0.25, 0.3) is 0 Å². The predicted octanol–water partition coefficient (Wildman–Crippen LogP) is 6.98. The molecule has 0 radical (unpaired) electrons. The molecule has 98 valence electrons. The van der Waals surface area contributed by atoms with Gasteiger partial charge < -0.3 is 0 Å². The second kappa shape index (κ2) is 9.41. The summed E-state index contributed by atoms with van der Waals surface area (Å²) in [6.45, 7) is 2.26. The lowest BCUT2D eigenvalue weighted by Gasteiger charge is -2.08. The van der Waals surface area contributed by atoms with Gasteiger partial charge in [-0.2, -0.15) is 0 Å². The zero-order valence-corrected chi connectivity index (χ0v) is 13.7. The second-order valence-electron chi connectivity index (χ2n) is 4.51. The fourth-order valence-corrected chi connectivity index (χ4v) is 4.17. The van der Waals surface area contributed by atoms with Crippen molar-refractivity contribution >= 4 is 38.9 Å². The van der Waals surface area contributed by atoms with Gasteiger partial charge in [0.05, 0.1) is 9.85 Å². The van der Waals surface area contributed by atoms with Crippen LogP contribution in [0.1, 0.15) is 68.0 Å². The fourth-order valence-electron chi connectivity index (χ4n) is 1.94. The number of unbranched alkanes of at least 4 members (excludes halogenated alkanes) is 6. The maximum atomic E-state index is 6.11. The summed E-state index contributed by atoms with van der Waals surface area (Å²) in [5.74, 6) is 0. The zero-order valence-electron chi connectivity index (χ0n) is 10.6. The van der Waals surface area contributed by atoms with Crippen LogP contribution in [-0.2, 0) is 0 Å². The molecule has 0 spiro atoms. The van der Waals surface area contributed by atoms with Crippen LogP contribution in [0.25, 0.3) is 0 Å². The van der Waals surface area contributed by atoms with E-state index in [2.05, 4.69) is 28.2 Å². The molecule has 0 aromatic carbocycles. The number of hydrogen-bond donors (Lipinski definition) is 0. The molecular formula is C14H22BrClS. The fraction of sp³-hybridized carbons (Fsp3) is 0.714. The Kier molecular flexibility index (Phi) is 8.59. The van der Waals surface area contributed by atoms with Gasteiger partial charge in [0.1, 0.15) is 0 Å². The smallest absolute Gasteiger partial charge is 0.0556 e. The molecule has 1 rings (SSSR count). The van der Waals surface area contributed by atoms with E-state index in [-0.39, 0.29) is 0 Å². The highest BCUT2D eigenvalue weighted by Gasteiger charge is 2.12. The van der Waals surface area contributed by atoms with Crippen molar-refractivity contribution in [1.82, 2.24) is 0 Å². The van der Waals surface area contributed by atoms with Crippen LogP contribution in [0.5, 0.6) is 0 Å². The van der Waals surface area contributed by atoms with Gasteiger partial charge in [0, 0.05) is 4.88 Å².